The van der Waals surface area contributed by atoms with Crippen LogP contribution in [-0.4, -0.2) is 35.0 Å². The highest BCUT2D eigenvalue weighted by molar-refractivity contribution is 9.10. The van der Waals surface area contributed by atoms with Crippen molar-refractivity contribution in [3.63, 3.8) is 0 Å². The lowest BCUT2D eigenvalue weighted by atomic mass is 9.95. The number of fused-ring (bicyclic) bond motifs is 1. The number of benzene rings is 3. The van der Waals surface area contributed by atoms with Gasteiger partial charge in [0.1, 0.15) is 5.82 Å². The molecule has 0 bridgehead atoms. The SMILES string of the molecule is CCOc1cc(C=Nn2c(C(C)(C)C)nc3ccc(Br)cc3c2=O)c(Br)cc1OCC(=O)Nc1ccccc1C. The van der Waals surface area contributed by atoms with E-state index in [2.05, 4.69) is 42.3 Å². The molecule has 208 valence electrons. The lowest BCUT2D eigenvalue weighted by Gasteiger charge is -2.21. The van der Waals surface area contributed by atoms with Crippen LogP contribution in [0.3, 0.4) is 0 Å². The minimum atomic E-state index is -0.442. The Kier molecular flexibility index (Phi) is 9.10. The minimum absolute atomic E-state index is 0.197. The summed E-state index contributed by atoms with van der Waals surface area (Å²) in [6.45, 7) is 9.92. The predicted molar refractivity (Wildman–Crippen MR) is 166 cm³/mol. The van der Waals surface area contributed by atoms with E-state index < -0.39 is 5.41 Å². The maximum atomic E-state index is 13.5. The first-order valence-electron chi connectivity index (χ1n) is 12.7. The van der Waals surface area contributed by atoms with Crippen molar-refractivity contribution in [2.75, 3.05) is 18.5 Å². The third-order valence-electron chi connectivity index (χ3n) is 5.93. The fraction of sp³-hybridized carbons (Fsp3) is 0.267. The number of carbonyl (C=O) groups excluding carboxylic acids is 1. The second-order valence-electron chi connectivity index (χ2n) is 10.1. The number of para-hydroxylation sites is 1. The van der Waals surface area contributed by atoms with Crippen LogP contribution in [-0.2, 0) is 10.2 Å². The van der Waals surface area contributed by atoms with E-state index in [-0.39, 0.29) is 18.1 Å². The van der Waals surface area contributed by atoms with Crippen LogP contribution in [0.1, 0.15) is 44.6 Å². The molecular weight excluding hydrogens is 640 g/mol. The monoisotopic (exact) mass is 668 g/mol. The predicted octanol–water partition coefficient (Wildman–Crippen LogP) is 6.83. The third-order valence-corrected chi connectivity index (χ3v) is 7.11. The van der Waals surface area contributed by atoms with Gasteiger partial charge in [0.25, 0.3) is 11.5 Å². The number of aromatic nitrogens is 2. The molecule has 1 aromatic heterocycles. The Hall–Kier alpha value is -3.50. The average Bonchev–Trinajstić information content (AvgIpc) is 2.89. The van der Waals surface area contributed by atoms with E-state index in [1.807, 2.05) is 71.0 Å². The second-order valence-corrected chi connectivity index (χ2v) is 11.9. The first-order valence-corrected chi connectivity index (χ1v) is 14.3. The molecule has 40 heavy (non-hydrogen) atoms. The summed E-state index contributed by atoms with van der Waals surface area (Å²) in [5.74, 6) is 1.09. The second kappa shape index (κ2) is 12.3. The summed E-state index contributed by atoms with van der Waals surface area (Å²) in [7, 11) is 0. The van der Waals surface area contributed by atoms with E-state index in [1.54, 1.807) is 24.4 Å². The summed E-state index contributed by atoms with van der Waals surface area (Å²) in [5.41, 5.74) is 2.24. The maximum Gasteiger partial charge on any atom is 0.282 e. The Morgan fingerprint density at radius 3 is 2.50 bits per heavy atom. The Labute approximate surface area is 249 Å². The van der Waals surface area contributed by atoms with Crippen LogP contribution in [0.15, 0.2) is 73.4 Å². The zero-order valence-electron chi connectivity index (χ0n) is 22.9. The highest BCUT2D eigenvalue weighted by Crippen LogP contribution is 2.33. The molecule has 1 heterocycles. The molecule has 10 heteroatoms. The zero-order chi connectivity index (χ0) is 29.0. The summed E-state index contributed by atoms with van der Waals surface area (Å²) < 4.78 is 14.4. The summed E-state index contributed by atoms with van der Waals surface area (Å²) in [6.07, 6.45) is 1.57. The molecule has 0 aliphatic heterocycles. The average molecular weight is 670 g/mol. The van der Waals surface area contributed by atoms with Crippen molar-refractivity contribution in [3.05, 3.63) is 90.8 Å². The van der Waals surface area contributed by atoms with Crippen molar-refractivity contribution < 1.29 is 14.3 Å². The van der Waals surface area contributed by atoms with Gasteiger partial charge >= 0.3 is 0 Å². The molecule has 4 rings (SSSR count). The summed E-state index contributed by atoms with van der Waals surface area (Å²) in [5, 5.41) is 7.87. The van der Waals surface area contributed by atoms with Crippen molar-refractivity contribution in [2.45, 2.75) is 40.0 Å². The fourth-order valence-electron chi connectivity index (χ4n) is 3.93. The van der Waals surface area contributed by atoms with Gasteiger partial charge in [-0.3, -0.25) is 9.59 Å². The molecule has 0 radical (unpaired) electrons. The lowest BCUT2D eigenvalue weighted by molar-refractivity contribution is -0.118. The van der Waals surface area contributed by atoms with Gasteiger partial charge in [-0.1, -0.05) is 54.9 Å². The normalized spacial score (nSPS) is 11.7. The Morgan fingerprint density at radius 2 is 1.80 bits per heavy atom. The molecule has 0 atom stereocenters. The summed E-state index contributed by atoms with van der Waals surface area (Å²) in [6, 6.07) is 16.4. The van der Waals surface area contributed by atoms with Crippen LogP contribution in [0.2, 0.25) is 0 Å². The molecule has 3 aromatic carbocycles. The number of carbonyl (C=O) groups is 1. The smallest absolute Gasteiger partial charge is 0.282 e. The molecule has 0 unspecified atom stereocenters. The number of nitrogens with zero attached hydrogens (tertiary/aromatic N) is 3. The standard InChI is InChI=1S/C30H30Br2N4O4/c1-6-39-25-13-19(22(32)15-26(25)40-17-27(37)34-23-10-8-7-9-18(23)2)16-33-36-28(38)21-14-20(31)11-12-24(21)35-29(36)30(3,4)5/h7-16H,6,17H2,1-5H3,(H,34,37). The van der Waals surface area contributed by atoms with Crippen molar-refractivity contribution >= 4 is 60.6 Å². The van der Waals surface area contributed by atoms with Crippen LogP contribution in [0, 0.1) is 6.92 Å². The van der Waals surface area contributed by atoms with Crippen molar-refractivity contribution in [1.82, 2.24) is 9.66 Å². The molecule has 0 saturated carbocycles. The highest BCUT2D eigenvalue weighted by atomic mass is 79.9. The van der Waals surface area contributed by atoms with E-state index in [0.29, 0.717) is 44.9 Å². The topological polar surface area (TPSA) is 94.8 Å². The summed E-state index contributed by atoms with van der Waals surface area (Å²) >= 11 is 7.00. The van der Waals surface area contributed by atoms with E-state index in [9.17, 15) is 9.59 Å². The van der Waals surface area contributed by atoms with Gasteiger partial charge in [0, 0.05) is 25.6 Å². The maximum absolute atomic E-state index is 13.5. The van der Waals surface area contributed by atoms with Crippen molar-refractivity contribution in [1.29, 1.82) is 0 Å². The van der Waals surface area contributed by atoms with E-state index >= 15 is 0 Å². The third kappa shape index (κ3) is 6.79. The first-order chi connectivity index (χ1) is 19.0. The van der Waals surface area contributed by atoms with Gasteiger partial charge in [-0.25, -0.2) is 4.98 Å². The van der Waals surface area contributed by atoms with Crippen molar-refractivity contribution in [3.8, 4) is 11.5 Å². The lowest BCUT2D eigenvalue weighted by Crippen LogP contribution is -2.29. The molecule has 1 amide bonds. The summed E-state index contributed by atoms with van der Waals surface area (Å²) in [4.78, 5) is 30.8. The molecule has 0 aliphatic rings. The Morgan fingerprint density at radius 1 is 1.07 bits per heavy atom. The molecule has 4 aromatic rings. The molecule has 0 aliphatic carbocycles. The van der Waals surface area contributed by atoms with E-state index in [1.165, 1.54) is 4.68 Å². The molecule has 0 fully saturated rings. The van der Waals surface area contributed by atoms with Gasteiger partial charge in [0.15, 0.2) is 18.1 Å². The number of rotatable bonds is 8. The number of halogens is 2. The van der Waals surface area contributed by atoms with Crippen LogP contribution in [0.5, 0.6) is 11.5 Å². The van der Waals surface area contributed by atoms with Gasteiger partial charge < -0.3 is 14.8 Å². The zero-order valence-corrected chi connectivity index (χ0v) is 26.1. The molecular formula is C30H30Br2N4O4. The van der Waals surface area contributed by atoms with Crippen LogP contribution in [0.25, 0.3) is 10.9 Å². The highest BCUT2D eigenvalue weighted by Gasteiger charge is 2.23. The van der Waals surface area contributed by atoms with Crippen LogP contribution >= 0.6 is 31.9 Å². The molecule has 8 nitrogen and oxygen atoms in total. The van der Waals surface area contributed by atoms with Gasteiger partial charge in [-0.2, -0.15) is 9.78 Å². The van der Waals surface area contributed by atoms with Gasteiger partial charge in [-0.05, 0) is 71.7 Å². The molecule has 0 saturated heterocycles. The van der Waals surface area contributed by atoms with Crippen LogP contribution in [0.4, 0.5) is 5.69 Å². The fourth-order valence-corrected chi connectivity index (χ4v) is 4.72. The van der Waals surface area contributed by atoms with Crippen LogP contribution < -0.4 is 20.3 Å². The largest absolute Gasteiger partial charge is 0.490 e. The van der Waals surface area contributed by atoms with Gasteiger partial charge in [0.05, 0.1) is 23.7 Å². The number of hydrogen-bond acceptors (Lipinski definition) is 6. The first kappa shape index (κ1) is 29.5. The molecule has 0 spiro atoms. The number of aryl methyl sites for hydroxylation is 1. The number of hydrogen-bond donors (Lipinski definition) is 1. The van der Waals surface area contributed by atoms with Gasteiger partial charge in [0.2, 0.25) is 0 Å². The number of anilines is 1. The molecule has 1 N–H and O–H groups in total. The number of nitrogens with one attached hydrogen (secondary N) is 1. The van der Waals surface area contributed by atoms with Gasteiger partial charge in [-0.15, -0.1) is 0 Å². The van der Waals surface area contributed by atoms with E-state index in [0.717, 1.165) is 15.7 Å². The Bertz CT molecular complexity index is 1660. The quantitative estimate of drug-likeness (QED) is 0.208. The Balaban J connectivity index is 1.65. The minimum Gasteiger partial charge on any atom is -0.490 e. The number of amides is 1. The number of ether oxygens (including phenoxy) is 2. The van der Waals surface area contributed by atoms with E-state index in [4.69, 9.17) is 14.5 Å². The van der Waals surface area contributed by atoms with Crippen molar-refractivity contribution in [2.24, 2.45) is 5.10 Å².